The van der Waals surface area contributed by atoms with E-state index in [9.17, 15) is 4.57 Å². The van der Waals surface area contributed by atoms with Gasteiger partial charge in [-0.15, -0.1) is 0 Å². The van der Waals surface area contributed by atoms with E-state index in [4.69, 9.17) is 14.5 Å². The highest BCUT2D eigenvalue weighted by atomic mass is 79.9. The molecule has 0 spiro atoms. The van der Waals surface area contributed by atoms with Gasteiger partial charge >= 0.3 is 0 Å². The van der Waals surface area contributed by atoms with Gasteiger partial charge in [0.1, 0.15) is 36.6 Å². The Morgan fingerprint density at radius 2 is 1.88 bits per heavy atom. The lowest BCUT2D eigenvalue weighted by molar-refractivity contribution is 0.161. The first-order valence-corrected chi connectivity index (χ1v) is 17.4. The first-order chi connectivity index (χ1) is 20.3. The zero-order chi connectivity index (χ0) is 29.0. The summed E-state index contributed by atoms with van der Waals surface area (Å²) in [6.07, 6.45) is 7.54. The molecule has 2 aromatic carbocycles. The first-order valence-electron chi connectivity index (χ1n) is 14.0. The van der Waals surface area contributed by atoms with Crippen molar-refractivity contribution in [1.29, 1.82) is 0 Å². The van der Waals surface area contributed by atoms with Gasteiger partial charge in [0.05, 0.1) is 45.5 Å². The molecule has 2 N–H and O–H groups in total. The Hall–Kier alpha value is -3.47. The average Bonchev–Trinajstić information content (AvgIpc) is 3.83. The Kier molecular flexibility index (Phi) is 6.95. The number of anilines is 5. The summed E-state index contributed by atoms with van der Waals surface area (Å²) in [5.74, 6) is 2.37. The van der Waals surface area contributed by atoms with Crippen molar-refractivity contribution in [2.24, 2.45) is 0 Å². The van der Waals surface area contributed by atoms with Crippen LogP contribution in [0.1, 0.15) is 12.8 Å². The molecule has 0 bridgehead atoms. The Bertz CT molecular complexity index is 1730. The van der Waals surface area contributed by atoms with Crippen molar-refractivity contribution in [2.45, 2.75) is 24.9 Å². The highest BCUT2D eigenvalue weighted by Gasteiger charge is 2.38. The van der Waals surface area contributed by atoms with Crippen molar-refractivity contribution >= 4 is 68.2 Å². The maximum atomic E-state index is 13.4. The van der Waals surface area contributed by atoms with Crippen LogP contribution in [0.15, 0.2) is 47.3 Å². The van der Waals surface area contributed by atoms with Gasteiger partial charge in [-0.1, -0.05) is 0 Å². The molecular weight excluding hydrogens is 619 g/mol. The molecule has 1 aliphatic carbocycles. The van der Waals surface area contributed by atoms with Crippen LogP contribution in [0.3, 0.4) is 0 Å². The third-order valence-electron chi connectivity index (χ3n) is 8.00. The second-order valence-electron chi connectivity index (χ2n) is 11.3. The lowest BCUT2D eigenvalue weighted by atomic mass is 10.1. The van der Waals surface area contributed by atoms with E-state index in [1.54, 1.807) is 39.0 Å². The minimum atomic E-state index is -2.73. The van der Waals surface area contributed by atoms with Crippen LogP contribution in [-0.4, -0.2) is 83.6 Å². The van der Waals surface area contributed by atoms with Crippen molar-refractivity contribution in [3.8, 4) is 11.5 Å². The molecule has 2 aromatic heterocycles. The fourth-order valence-electron chi connectivity index (χ4n) is 5.88. The summed E-state index contributed by atoms with van der Waals surface area (Å²) in [5.41, 5.74) is 3.70. The minimum absolute atomic E-state index is 0.339. The van der Waals surface area contributed by atoms with E-state index in [2.05, 4.69) is 51.3 Å². The van der Waals surface area contributed by atoms with Gasteiger partial charge in [-0.3, -0.25) is 14.9 Å². The predicted molar refractivity (Wildman–Crippen MR) is 169 cm³/mol. The number of aromatic nitrogens is 4. The van der Waals surface area contributed by atoms with E-state index in [-0.39, 0.29) is 0 Å². The minimum Gasteiger partial charge on any atom is -0.494 e. The number of methoxy groups -OCH3 is 1. The van der Waals surface area contributed by atoms with Gasteiger partial charge in [-0.05, 0) is 54.2 Å². The molecule has 1 saturated heterocycles. The fourth-order valence-corrected chi connectivity index (χ4v) is 7.57. The fraction of sp³-hybridized carbons (Fsp3) is 0.379. The zero-order valence-electron chi connectivity index (χ0n) is 23.7. The molecule has 4 heterocycles. The molecule has 0 radical (unpaired) electrons. The van der Waals surface area contributed by atoms with Crippen LogP contribution < -0.4 is 30.3 Å². The molecule has 2 fully saturated rings. The molecule has 218 valence electrons. The molecule has 1 atom stereocenters. The first kappa shape index (κ1) is 27.4. The summed E-state index contributed by atoms with van der Waals surface area (Å²) in [7, 11) is -1.08. The topological polar surface area (TPSA) is 118 Å². The quantitative estimate of drug-likeness (QED) is 0.264. The van der Waals surface area contributed by atoms with Crippen LogP contribution in [0.2, 0.25) is 0 Å². The number of halogens is 1. The summed E-state index contributed by atoms with van der Waals surface area (Å²) in [5, 5.41) is 7.28. The second-order valence-corrected chi connectivity index (χ2v) is 15.3. The van der Waals surface area contributed by atoms with Gasteiger partial charge in [0, 0.05) is 56.4 Å². The molecule has 4 aromatic rings. The predicted octanol–water partition coefficient (Wildman–Crippen LogP) is 4.97. The van der Waals surface area contributed by atoms with Gasteiger partial charge in [-0.2, -0.15) is 4.98 Å². The number of piperazine rings is 1. The van der Waals surface area contributed by atoms with Crippen molar-refractivity contribution in [3.63, 3.8) is 0 Å². The maximum absolute atomic E-state index is 13.4. The highest BCUT2D eigenvalue weighted by Crippen LogP contribution is 2.44. The molecule has 11 nitrogen and oxygen atoms in total. The molecule has 13 heteroatoms. The number of rotatable bonds is 7. The summed E-state index contributed by atoms with van der Waals surface area (Å²) >= 11 is 3.56. The van der Waals surface area contributed by atoms with E-state index in [0.29, 0.717) is 62.3 Å². The summed E-state index contributed by atoms with van der Waals surface area (Å²) in [6.45, 7) is 7.19. The van der Waals surface area contributed by atoms with Crippen LogP contribution in [0.4, 0.5) is 28.8 Å². The summed E-state index contributed by atoms with van der Waals surface area (Å²) in [6, 6.07) is 8.81. The second kappa shape index (κ2) is 10.7. The van der Waals surface area contributed by atoms with Gasteiger partial charge < -0.3 is 29.6 Å². The Morgan fingerprint density at radius 1 is 1.05 bits per heavy atom. The SMILES string of the molecule is COc1cc2c(cc1Nc1ncc(Br)c(Nc3ccc4nccnc4c3P(C)(C)=O)n1)OC[C@H]1CN(C3CC3)CCN21. The number of hydrogen-bond donors (Lipinski definition) is 2. The van der Waals surface area contributed by atoms with Crippen LogP contribution in [0.25, 0.3) is 11.0 Å². The molecule has 0 amide bonds. The molecule has 0 unspecified atom stereocenters. The van der Waals surface area contributed by atoms with Crippen LogP contribution in [0, 0.1) is 0 Å². The third-order valence-corrected chi connectivity index (χ3v) is 10.1. The van der Waals surface area contributed by atoms with Crippen molar-refractivity contribution < 1.29 is 14.0 Å². The lowest BCUT2D eigenvalue weighted by Crippen LogP contribution is -2.57. The van der Waals surface area contributed by atoms with E-state index >= 15 is 0 Å². The van der Waals surface area contributed by atoms with E-state index in [1.165, 1.54) is 12.8 Å². The molecule has 3 aliphatic rings. The number of benzene rings is 2. The number of nitrogens with zero attached hydrogens (tertiary/aromatic N) is 6. The number of ether oxygens (including phenoxy) is 2. The Morgan fingerprint density at radius 3 is 2.67 bits per heavy atom. The van der Waals surface area contributed by atoms with Crippen LogP contribution >= 0.6 is 23.1 Å². The maximum Gasteiger partial charge on any atom is 0.229 e. The number of fused-ring (bicyclic) bond motifs is 4. The standard InChI is InChI=1S/C29H32BrN8O3P/c1-40-24-13-23-25(41-16-18-15-37(17-4-5-17)10-11-38(18)23)12-22(24)35-29-33-14-19(30)28(36-29)34-21-7-6-20-26(32-9-8-31-20)27(21)42(2,3)39/h6-9,12-14,17-18H,4-5,10-11,15-16H2,1-3H3,(H2,33,34,35,36)/t18-/m1/s1. The van der Waals surface area contributed by atoms with E-state index in [0.717, 1.165) is 37.1 Å². The molecule has 42 heavy (non-hydrogen) atoms. The van der Waals surface area contributed by atoms with Crippen molar-refractivity contribution in [3.05, 3.63) is 47.3 Å². The molecule has 1 saturated carbocycles. The van der Waals surface area contributed by atoms with Gasteiger partial charge in [0.2, 0.25) is 5.95 Å². The van der Waals surface area contributed by atoms with E-state index in [1.807, 2.05) is 24.3 Å². The van der Waals surface area contributed by atoms with E-state index < -0.39 is 7.14 Å². The van der Waals surface area contributed by atoms with Crippen LogP contribution in [-0.2, 0) is 4.57 Å². The largest absolute Gasteiger partial charge is 0.494 e. The average molecular weight is 652 g/mol. The van der Waals surface area contributed by atoms with Crippen molar-refractivity contribution in [2.75, 3.05) is 62.2 Å². The van der Waals surface area contributed by atoms with Gasteiger partial charge in [-0.25, -0.2) is 4.98 Å². The molecular formula is C29H32BrN8O3P. The number of nitrogens with one attached hydrogen (secondary N) is 2. The smallest absolute Gasteiger partial charge is 0.229 e. The molecule has 7 rings (SSSR count). The third kappa shape index (κ3) is 5.16. The summed E-state index contributed by atoms with van der Waals surface area (Å²) in [4.78, 5) is 23.1. The normalized spacial score (nSPS) is 18.7. The number of hydrogen-bond acceptors (Lipinski definition) is 11. The zero-order valence-corrected chi connectivity index (χ0v) is 26.2. The monoisotopic (exact) mass is 650 g/mol. The van der Waals surface area contributed by atoms with Crippen molar-refractivity contribution in [1.82, 2.24) is 24.8 Å². The van der Waals surface area contributed by atoms with Gasteiger partial charge in [0.15, 0.2) is 0 Å². The van der Waals surface area contributed by atoms with Gasteiger partial charge in [0.25, 0.3) is 0 Å². The Balaban J connectivity index is 1.17. The summed E-state index contributed by atoms with van der Waals surface area (Å²) < 4.78 is 26.1. The highest BCUT2D eigenvalue weighted by molar-refractivity contribution is 9.10. The lowest BCUT2D eigenvalue weighted by Gasteiger charge is -2.46. The van der Waals surface area contributed by atoms with Crippen LogP contribution in [0.5, 0.6) is 11.5 Å². The Labute approximate surface area is 252 Å². The molecule has 2 aliphatic heterocycles.